The molecule has 0 saturated heterocycles. The molecule has 0 spiro atoms. The number of amides is 1. The van der Waals surface area contributed by atoms with Crippen molar-refractivity contribution in [2.75, 3.05) is 5.32 Å². The first kappa shape index (κ1) is 17.9. The Morgan fingerprint density at radius 3 is 2.35 bits per heavy atom. The van der Waals surface area contributed by atoms with Crippen LogP contribution in [0.4, 0.5) is 5.69 Å². The van der Waals surface area contributed by atoms with Crippen LogP contribution in [0.3, 0.4) is 0 Å². The first-order valence-corrected chi connectivity index (χ1v) is 7.94. The van der Waals surface area contributed by atoms with E-state index in [1.165, 1.54) is 12.3 Å². The minimum absolute atomic E-state index is 0.0907. The minimum atomic E-state index is -1.83. The van der Waals surface area contributed by atoms with E-state index in [-0.39, 0.29) is 10.9 Å². The number of anilines is 1. The zero-order valence-electron chi connectivity index (χ0n) is 11.6. The van der Waals surface area contributed by atoms with Gasteiger partial charge in [0.05, 0.1) is 6.26 Å². The van der Waals surface area contributed by atoms with Gasteiger partial charge in [-0.05, 0) is 36.5 Å². The van der Waals surface area contributed by atoms with E-state index in [1.54, 1.807) is 6.07 Å². The van der Waals surface area contributed by atoms with Crippen molar-refractivity contribution in [3.05, 3.63) is 54.5 Å². The third-order valence-electron chi connectivity index (χ3n) is 2.65. The molecule has 9 heteroatoms. The summed E-state index contributed by atoms with van der Waals surface area (Å²) >= 11 is 22.8. The number of hydrogen-bond donors (Lipinski definition) is 3. The van der Waals surface area contributed by atoms with Gasteiger partial charge >= 0.3 is 0 Å². The van der Waals surface area contributed by atoms with Crippen LogP contribution in [-0.2, 0) is 0 Å². The van der Waals surface area contributed by atoms with Gasteiger partial charge in [0.25, 0.3) is 5.91 Å². The summed E-state index contributed by atoms with van der Waals surface area (Å²) in [5.41, 5.74) is 0.755. The SMILES string of the molecule is O=C(NC(NC(=S)Nc1ccccc1)C(Cl)(Cl)Cl)c1ccco1. The van der Waals surface area contributed by atoms with Crippen molar-refractivity contribution in [1.29, 1.82) is 0 Å². The molecule has 2 rings (SSSR count). The molecule has 5 nitrogen and oxygen atoms in total. The molecule has 23 heavy (non-hydrogen) atoms. The van der Waals surface area contributed by atoms with Gasteiger partial charge < -0.3 is 20.4 Å². The van der Waals surface area contributed by atoms with E-state index in [4.69, 9.17) is 51.4 Å². The molecule has 0 aliphatic carbocycles. The molecule has 0 saturated carbocycles. The normalized spacial score (nSPS) is 12.3. The number of hydrogen-bond acceptors (Lipinski definition) is 3. The predicted molar refractivity (Wildman–Crippen MR) is 96.1 cm³/mol. The smallest absolute Gasteiger partial charge is 0.288 e. The Hall–Kier alpha value is -1.47. The predicted octanol–water partition coefficient (Wildman–Crippen LogP) is 3.69. The van der Waals surface area contributed by atoms with Crippen molar-refractivity contribution in [2.24, 2.45) is 0 Å². The summed E-state index contributed by atoms with van der Waals surface area (Å²) in [5.74, 6) is -0.450. The number of alkyl halides is 3. The zero-order valence-corrected chi connectivity index (χ0v) is 14.6. The minimum Gasteiger partial charge on any atom is -0.459 e. The summed E-state index contributed by atoms with van der Waals surface area (Å²) in [6, 6.07) is 12.3. The highest BCUT2D eigenvalue weighted by Gasteiger charge is 2.35. The second-order valence-electron chi connectivity index (χ2n) is 4.39. The number of nitrogens with one attached hydrogen (secondary N) is 3. The third kappa shape index (κ3) is 5.58. The van der Waals surface area contributed by atoms with Gasteiger partial charge in [-0.25, -0.2) is 0 Å². The second-order valence-corrected chi connectivity index (χ2v) is 7.17. The zero-order chi connectivity index (χ0) is 16.9. The fourth-order valence-corrected chi connectivity index (χ4v) is 2.19. The number of furan rings is 1. The summed E-state index contributed by atoms with van der Waals surface area (Å²) in [7, 11) is 0. The van der Waals surface area contributed by atoms with Crippen LogP contribution in [0.2, 0.25) is 0 Å². The molecule has 1 heterocycles. The summed E-state index contributed by atoms with van der Waals surface area (Å²) < 4.78 is 3.16. The van der Waals surface area contributed by atoms with Crippen LogP contribution in [0.15, 0.2) is 53.1 Å². The Kier molecular flexibility index (Phi) is 6.12. The summed E-state index contributed by atoms with van der Waals surface area (Å²) in [6.07, 6.45) is 0.308. The number of thiocarbonyl (C=S) groups is 1. The Labute approximate surface area is 153 Å². The quantitative estimate of drug-likeness (QED) is 0.421. The van der Waals surface area contributed by atoms with Crippen molar-refractivity contribution < 1.29 is 9.21 Å². The number of benzene rings is 1. The summed E-state index contributed by atoms with van der Waals surface area (Å²) in [6.45, 7) is 0. The maximum absolute atomic E-state index is 12.0. The van der Waals surface area contributed by atoms with E-state index >= 15 is 0 Å². The molecule has 0 aliphatic heterocycles. The molecule has 122 valence electrons. The van der Waals surface area contributed by atoms with Gasteiger partial charge in [0.15, 0.2) is 10.9 Å². The number of para-hydroxylation sites is 1. The molecule has 2 aromatic rings. The molecular weight excluding hydrogens is 381 g/mol. The standard InChI is InChI=1S/C14H12Cl3N3O2S/c15-14(16,17)12(19-11(21)10-7-4-8-22-10)20-13(23)18-9-5-2-1-3-6-9/h1-8,12H,(H,19,21)(H2,18,20,23). The topological polar surface area (TPSA) is 66.3 Å². The molecule has 1 aromatic heterocycles. The van der Waals surface area contributed by atoms with Gasteiger partial charge in [-0.2, -0.15) is 0 Å². The van der Waals surface area contributed by atoms with Crippen LogP contribution in [-0.4, -0.2) is 21.0 Å². The molecule has 0 fully saturated rings. The van der Waals surface area contributed by atoms with E-state index in [0.29, 0.717) is 0 Å². The second kappa shape index (κ2) is 7.88. The van der Waals surface area contributed by atoms with E-state index in [9.17, 15) is 4.79 Å². The first-order chi connectivity index (χ1) is 10.9. The Balaban J connectivity index is 2.01. The molecular formula is C14H12Cl3N3O2S. The van der Waals surface area contributed by atoms with Crippen molar-refractivity contribution in [1.82, 2.24) is 10.6 Å². The van der Waals surface area contributed by atoms with Gasteiger partial charge in [0, 0.05) is 5.69 Å². The van der Waals surface area contributed by atoms with Crippen LogP contribution in [0, 0.1) is 0 Å². The number of halogens is 3. The van der Waals surface area contributed by atoms with Crippen LogP contribution in [0.25, 0.3) is 0 Å². The highest BCUT2D eigenvalue weighted by atomic mass is 35.6. The average Bonchev–Trinajstić information content (AvgIpc) is 3.00. The van der Waals surface area contributed by atoms with Crippen LogP contribution in [0.5, 0.6) is 0 Å². The lowest BCUT2D eigenvalue weighted by Gasteiger charge is -2.27. The van der Waals surface area contributed by atoms with Gasteiger partial charge in [-0.3, -0.25) is 4.79 Å². The highest BCUT2D eigenvalue weighted by Crippen LogP contribution is 2.29. The Morgan fingerprint density at radius 2 is 1.78 bits per heavy atom. The third-order valence-corrected chi connectivity index (χ3v) is 3.53. The van der Waals surface area contributed by atoms with Crippen LogP contribution >= 0.6 is 47.0 Å². The van der Waals surface area contributed by atoms with Crippen molar-refractivity contribution in [3.63, 3.8) is 0 Å². The van der Waals surface area contributed by atoms with Crippen molar-refractivity contribution in [2.45, 2.75) is 9.96 Å². The van der Waals surface area contributed by atoms with Crippen molar-refractivity contribution in [3.8, 4) is 0 Å². The highest BCUT2D eigenvalue weighted by molar-refractivity contribution is 7.80. The molecule has 1 aromatic carbocycles. The van der Waals surface area contributed by atoms with Gasteiger partial charge in [0.2, 0.25) is 3.79 Å². The lowest BCUT2D eigenvalue weighted by atomic mass is 10.3. The van der Waals surface area contributed by atoms with E-state index in [2.05, 4.69) is 16.0 Å². The van der Waals surface area contributed by atoms with E-state index < -0.39 is 15.9 Å². The molecule has 0 radical (unpaired) electrons. The molecule has 1 atom stereocenters. The Morgan fingerprint density at radius 1 is 1.09 bits per heavy atom. The Bertz CT molecular complexity index is 660. The molecule has 1 unspecified atom stereocenters. The van der Waals surface area contributed by atoms with Gasteiger partial charge in [-0.1, -0.05) is 53.0 Å². The number of rotatable bonds is 4. The average molecular weight is 393 g/mol. The van der Waals surface area contributed by atoms with Crippen LogP contribution < -0.4 is 16.0 Å². The maximum atomic E-state index is 12.0. The van der Waals surface area contributed by atoms with Crippen LogP contribution in [0.1, 0.15) is 10.6 Å². The molecule has 0 aliphatic rings. The molecule has 0 bridgehead atoms. The van der Waals surface area contributed by atoms with Crippen molar-refractivity contribution >= 4 is 63.7 Å². The molecule has 3 N–H and O–H groups in total. The largest absolute Gasteiger partial charge is 0.459 e. The monoisotopic (exact) mass is 391 g/mol. The maximum Gasteiger partial charge on any atom is 0.288 e. The first-order valence-electron chi connectivity index (χ1n) is 6.40. The summed E-state index contributed by atoms with van der Waals surface area (Å²) in [4.78, 5) is 12.0. The fraction of sp³-hybridized carbons (Fsp3) is 0.143. The van der Waals surface area contributed by atoms with E-state index in [0.717, 1.165) is 5.69 Å². The van der Waals surface area contributed by atoms with Gasteiger partial charge in [-0.15, -0.1) is 0 Å². The number of carbonyl (C=O) groups is 1. The molecule has 1 amide bonds. The lowest BCUT2D eigenvalue weighted by molar-refractivity contribution is 0.0906. The van der Waals surface area contributed by atoms with Gasteiger partial charge in [0.1, 0.15) is 6.17 Å². The van der Waals surface area contributed by atoms with E-state index in [1.807, 2.05) is 30.3 Å². The number of carbonyl (C=O) groups excluding carboxylic acids is 1. The summed E-state index contributed by atoms with van der Waals surface area (Å²) in [5, 5.41) is 8.37. The fourth-order valence-electron chi connectivity index (χ4n) is 1.63. The lowest BCUT2D eigenvalue weighted by Crippen LogP contribution is -2.56.